The summed E-state index contributed by atoms with van der Waals surface area (Å²) < 4.78 is 21.7. The molecular weight excluding hydrogens is 364 g/mol. The van der Waals surface area contributed by atoms with Gasteiger partial charge in [0.05, 0.1) is 5.92 Å². The highest BCUT2D eigenvalue weighted by Gasteiger charge is 2.35. The number of carbonyl (C=O) groups is 2. The number of fused-ring (bicyclic) bond motifs is 2. The van der Waals surface area contributed by atoms with Gasteiger partial charge >= 0.3 is 0 Å². The van der Waals surface area contributed by atoms with E-state index in [1.54, 1.807) is 35.2 Å². The van der Waals surface area contributed by atoms with Crippen molar-refractivity contribution in [2.75, 3.05) is 36.8 Å². The van der Waals surface area contributed by atoms with Crippen LogP contribution in [0.2, 0.25) is 0 Å². The molecule has 3 aliphatic rings. The number of hydrogen-bond acceptors (Lipinski definition) is 6. The first-order valence-corrected chi connectivity index (χ1v) is 9.08. The highest BCUT2D eigenvalue weighted by atomic mass is 16.7. The third-order valence-corrected chi connectivity index (χ3v) is 4.97. The molecule has 3 aliphatic heterocycles. The molecule has 0 spiro atoms. The van der Waals surface area contributed by atoms with E-state index < -0.39 is 5.92 Å². The second-order valence-electron chi connectivity index (χ2n) is 6.79. The maximum Gasteiger partial charge on any atom is 0.231 e. The van der Waals surface area contributed by atoms with E-state index in [2.05, 4.69) is 5.32 Å². The van der Waals surface area contributed by atoms with Crippen LogP contribution < -0.4 is 29.2 Å². The summed E-state index contributed by atoms with van der Waals surface area (Å²) in [6.45, 7) is 1.48. The number of hydrogen-bond donors (Lipinski definition) is 1. The average molecular weight is 382 g/mol. The maximum atomic E-state index is 12.7. The summed E-state index contributed by atoms with van der Waals surface area (Å²) in [5.41, 5.74) is 1.31. The molecule has 144 valence electrons. The number of ether oxygens (including phenoxy) is 4. The Morgan fingerprint density at radius 3 is 2.54 bits per heavy atom. The SMILES string of the molecule is O=C(Nc1ccc2c(c1)OCO2)[C@@H]1CC(=O)N(c2ccc3c(c2)OCCO3)C1. The lowest BCUT2D eigenvalue weighted by molar-refractivity contribution is -0.122. The van der Waals surface area contributed by atoms with Crippen molar-refractivity contribution in [1.29, 1.82) is 0 Å². The molecule has 5 rings (SSSR count). The van der Waals surface area contributed by atoms with Gasteiger partial charge < -0.3 is 29.2 Å². The number of nitrogens with one attached hydrogen (secondary N) is 1. The summed E-state index contributed by atoms with van der Waals surface area (Å²) in [6, 6.07) is 10.6. The molecule has 8 nitrogen and oxygen atoms in total. The first-order valence-electron chi connectivity index (χ1n) is 9.08. The normalized spacial score (nSPS) is 19.6. The Balaban J connectivity index is 1.29. The Bertz CT molecular complexity index is 960. The largest absolute Gasteiger partial charge is 0.486 e. The molecule has 1 fully saturated rings. The van der Waals surface area contributed by atoms with Crippen molar-refractivity contribution in [2.24, 2.45) is 5.92 Å². The molecule has 1 N–H and O–H groups in total. The molecule has 0 aliphatic carbocycles. The van der Waals surface area contributed by atoms with Crippen LogP contribution in [0.5, 0.6) is 23.0 Å². The van der Waals surface area contributed by atoms with Gasteiger partial charge in [-0.3, -0.25) is 9.59 Å². The third-order valence-electron chi connectivity index (χ3n) is 4.97. The summed E-state index contributed by atoms with van der Waals surface area (Å²) in [5.74, 6) is 1.79. The molecule has 0 unspecified atom stereocenters. The molecular formula is C20H18N2O6. The Morgan fingerprint density at radius 2 is 1.64 bits per heavy atom. The maximum absolute atomic E-state index is 12.7. The number of rotatable bonds is 3. The Morgan fingerprint density at radius 1 is 0.929 bits per heavy atom. The minimum absolute atomic E-state index is 0.0949. The zero-order valence-electron chi connectivity index (χ0n) is 15.0. The van der Waals surface area contributed by atoms with Crippen LogP contribution in [0.3, 0.4) is 0 Å². The van der Waals surface area contributed by atoms with Crippen molar-refractivity contribution in [3.8, 4) is 23.0 Å². The first-order chi connectivity index (χ1) is 13.7. The summed E-state index contributed by atoms with van der Waals surface area (Å²) in [7, 11) is 0. The molecule has 0 aromatic heterocycles. The number of benzene rings is 2. The van der Waals surface area contributed by atoms with Crippen LogP contribution in [0.25, 0.3) is 0 Å². The number of carbonyl (C=O) groups excluding carboxylic acids is 2. The Kier molecular flexibility index (Phi) is 3.96. The van der Waals surface area contributed by atoms with E-state index in [1.807, 2.05) is 6.07 Å². The fourth-order valence-corrected chi connectivity index (χ4v) is 3.55. The van der Waals surface area contributed by atoms with Crippen molar-refractivity contribution >= 4 is 23.2 Å². The quantitative estimate of drug-likeness (QED) is 0.876. The minimum atomic E-state index is -0.439. The second kappa shape index (κ2) is 6.63. The van der Waals surface area contributed by atoms with Gasteiger partial charge in [-0.05, 0) is 24.3 Å². The molecule has 2 aromatic carbocycles. The monoisotopic (exact) mass is 382 g/mol. The van der Waals surface area contributed by atoms with E-state index in [1.165, 1.54) is 0 Å². The van der Waals surface area contributed by atoms with Gasteiger partial charge in [0.1, 0.15) is 13.2 Å². The van der Waals surface area contributed by atoms with Gasteiger partial charge in [0.15, 0.2) is 23.0 Å². The van der Waals surface area contributed by atoms with Gasteiger partial charge in [-0.2, -0.15) is 0 Å². The zero-order valence-corrected chi connectivity index (χ0v) is 15.0. The van der Waals surface area contributed by atoms with E-state index >= 15 is 0 Å². The first kappa shape index (κ1) is 16.7. The van der Waals surface area contributed by atoms with Crippen molar-refractivity contribution in [3.63, 3.8) is 0 Å². The van der Waals surface area contributed by atoms with Gasteiger partial charge in [-0.25, -0.2) is 0 Å². The Labute approximate surface area is 160 Å². The molecule has 2 amide bonds. The van der Waals surface area contributed by atoms with E-state index in [-0.39, 0.29) is 25.0 Å². The molecule has 3 heterocycles. The minimum Gasteiger partial charge on any atom is -0.486 e. The molecule has 1 saturated heterocycles. The topological polar surface area (TPSA) is 86.3 Å². The standard InChI is InChI=1S/C20H18N2O6/c23-19-7-12(20(24)21-13-1-3-16-17(8-13)28-11-27-16)10-22(19)14-2-4-15-18(9-14)26-6-5-25-15/h1-4,8-9,12H,5-7,10-11H2,(H,21,24)/t12-/m1/s1. The van der Waals surface area contributed by atoms with Crippen LogP contribution in [0, 0.1) is 5.92 Å². The summed E-state index contributed by atoms with van der Waals surface area (Å²) in [5, 5.41) is 2.86. The molecule has 28 heavy (non-hydrogen) atoms. The number of anilines is 2. The van der Waals surface area contributed by atoms with Crippen LogP contribution in [0.1, 0.15) is 6.42 Å². The van der Waals surface area contributed by atoms with Crippen LogP contribution in [-0.4, -0.2) is 38.4 Å². The van der Waals surface area contributed by atoms with E-state index in [9.17, 15) is 9.59 Å². The number of nitrogens with zero attached hydrogens (tertiary/aromatic N) is 1. The zero-order chi connectivity index (χ0) is 19.1. The van der Waals surface area contributed by atoms with E-state index in [4.69, 9.17) is 18.9 Å². The molecule has 0 saturated carbocycles. The molecule has 0 bridgehead atoms. The fourth-order valence-electron chi connectivity index (χ4n) is 3.55. The van der Waals surface area contributed by atoms with Crippen LogP contribution in [-0.2, 0) is 9.59 Å². The lowest BCUT2D eigenvalue weighted by Crippen LogP contribution is -2.28. The lowest BCUT2D eigenvalue weighted by atomic mass is 10.1. The van der Waals surface area contributed by atoms with Crippen LogP contribution in [0.15, 0.2) is 36.4 Å². The Hall–Kier alpha value is -3.42. The smallest absolute Gasteiger partial charge is 0.231 e. The predicted molar refractivity (Wildman–Crippen MR) is 99.1 cm³/mol. The van der Waals surface area contributed by atoms with E-state index in [0.717, 1.165) is 0 Å². The van der Waals surface area contributed by atoms with Crippen molar-refractivity contribution < 1.29 is 28.5 Å². The van der Waals surface area contributed by atoms with Crippen LogP contribution in [0.4, 0.5) is 11.4 Å². The number of amides is 2. The van der Waals surface area contributed by atoms with Gasteiger partial charge in [0.2, 0.25) is 18.6 Å². The van der Waals surface area contributed by atoms with E-state index in [0.29, 0.717) is 54.1 Å². The molecule has 2 aromatic rings. The summed E-state index contributed by atoms with van der Waals surface area (Å²) >= 11 is 0. The third kappa shape index (κ3) is 2.96. The molecule has 8 heteroatoms. The van der Waals surface area contributed by atoms with Crippen molar-refractivity contribution in [1.82, 2.24) is 0 Å². The van der Waals surface area contributed by atoms with Gasteiger partial charge in [0, 0.05) is 36.5 Å². The van der Waals surface area contributed by atoms with Crippen molar-refractivity contribution in [2.45, 2.75) is 6.42 Å². The summed E-state index contributed by atoms with van der Waals surface area (Å²) in [4.78, 5) is 26.8. The predicted octanol–water partition coefficient (Wildman–Crippen LogP) is 2.18. The van der Waals surface area contributed by atoms with Gasteiger partial charge in [0.25, 0.3) is 0 Å². The highest BCUT2D eigenvalue weighted by Crippen LogP contribution is 2.37. The summed E-state index contributed by atoms with van der Waals surface area (Å²) in [6.07, 6.45) is 0.158. The van der Waals surface area contributed by atoms with Gasteiger partial charge in [-0.1, -0.05) is 0 Å². The van der Waals surface area contributed by atoms with Crippen LogP contribution >= 0.6 is 0 Å². The molecule has 0 radical (unpaired) electrons. The average Bonchev–Trinajstić information content (AvgIpc) is 3.33. The van der Waals surface area contributed by atoms with Gasteiger partial charge in [-0.15, -0.1) is 0 Å². The second-order valence-corrected chi connectivity index (χ2v) is 6.79. The lowest BCUT2D eigenvalue weighted by Gasteiger charge is -2.22. The van der Waals surface area contributed by atoms with Crippen molar-refractivity contribution in [3.05, 3.63) is 36.4 Å². The molecule has 1 atom stereocenters. The highest BCUT2D eigenvalue weighted by molar-refractivity contribution is 6.03. The fraction of sp³-hybridized carbons (Fsp3) is 0.300.